The second kappa shape index (κ2) is 4.33. The van der Waals surface area contributed by atoms with Crippen LogP contribution >= 0.6 is 11.6 Å². The summed E-state index contributed by atoms with van der Waals surface area (Å²) in [6, 6.07) is 5.82. The van der Waals surface area contributed by atoms with Gasteiger partial charge in [-0.3, -0.25) is 4.79 Å². The molecule has 1 rings (SSSR count). The zero-order valence-corrected chi connectivity index (χ0v) is 7.39. The van der Waals surface area contributed by atoms with Crippen molar-refractivity contribution < 1.29 is 13.6 Å². The van der Waals surface area contributed by atoms with Crippen molar-refractivity contribution in [2.45, 2.75) is 12.8 Å². The summed E-state index contributed by atoms with van der Waals surface area (Å²) in [5.74, 6) is 0. The van der Waals surface area contributed by atoms with E-state index in [1.165, 1.54) is 24.3 Å². The van der Waals surface area contributed by atoms with Crippen LogP contribution in [0.2, 0.25) is 0 Å². The Morgan fingerprint density at radius 3 is 2.23 bits per heavy atom. The second-order valence-corrected chi connectivity index (χ2v) is 2.91. The lowest BCUT2D eigenvalue weighted by atomic mass is 10.1. The Morgan fingerprint density at radius 2 is 1.85 bits per heavy atom. The molecule has 0 aliphatic rings. The van der Waals surface area contributed by atoms with Gasteiger partial charge in [-0.25, -0.2) is 8.78 Å². The molecule has 0 N–H and O–H groups in total. The third-order valence-corrected chi connectivity index (χ3v) is 1.79. The summed E-state index contributed by atoms with van der Waals surface area (Å²) >= 11 is 5.17. The Kier molecular flexibility index (Phi) is 3.37. The van der Waals surface area contributed by atoms with Gasteiger partial charge in [0.15, 0.2) is 0 Å². The Morgan fingerprint density at radius 1 is 1.31 bits per heavy atom. The number of rotatable bonds is 3. The van der Waals surface area contributed by atoms with E-state index in [0.717, 1.165) is 0 Å². The molecule has 1 aromatic rings. The van der Waals surface area contributed by atoms with Crippen molar-refractivity contribution in [1.29, 1.82) is 0 Å². The minimum absolute atomic E-state index is 0.295. The first-order valence-corrected chi connectivity index (χ1v) is 4.04. The number of carbonyl (C=O) groups excluding carboxylic acids is 1. The van der Waals surface area contributed by atoms with Gasteiger partial charge in [0, 0.05) is 12.0 Å². The van der Waals surface area contributed by atoms with Crippen molar-refractivity contribution in [3.63, 3.8) is 0 Å². The predicted octanol–water partition coefficient (Wildman–Crippen LogP) is 2.87. The first kappa shape index (κ1) is 10.1. The molecule has 0 bridgehead atoms. The normalized spacial score (nSPS) is 10.5. The summed E-state index contributed by atoms with van der Waals surface area (Å²) in [5, 5.41) is -0.580. The molecular formula is C9H7ClF2O. The van der Waals surface area contributed by atoms with E-state index in [-0.39, 0.29) is 6.42 Å². The maximum atomic E-state index is 11.9. The molecule has 0 atom stereocenters. The Bertz CT molecular complexity index is 295. The molecule has 0 aromatic heterocycles. The molecule has 0 amide bonds. The van der Waals surface area contributed by atoms with Crippen molar-refractivity contribution in [2.75, 3.05) is 0 Å². The molecule has 0 fully saturated rings. The smallest absolute Gasteiger partial charge is 0.252 e. The standard InChI is InChI=1S/C9H7ClF2O/c10-9(13)7-3-1-6(2-4-7)5-8(11)12/h1-4,8H,5H2. The lowest BCUT2D eigenvalue weighted by molar-refractivity contribution is 0.108. The average molecular weight is 205 g/mol. The quantitative estimate of drug-likeness (QED) is 0.692. The monoisotopic (exact) mass is 204 g/mol. The van der Waals surface area contributed by atoms with Crippen LogP contribution in [0.15, 0.2) is 24.3 Å². The number of halogens is 3. The number of hydrogen-bond donors (Lipinski definition) is 0. The third kappa shape index (κ3) is 3.11. The van der Waals surface area contributed by atoms with Crippen LogP contribution in [0.1, 0.15) is 15.9 Å². The average Bonchev–Trinajstić information content (AvgIpc) is 2.04. The van der Waals surface area contributed by atoms with Crippen LogP contribution in [0.3, 0.4) is 0 Å². The van der Waals surface area contributed by atoms with Gasteiger partial charge in [0.25, 0.3) is 5.24 Å². The molecule has 0 unspecified atom stereocenters. The Balaban J connectivity index is 2.75. The molecule has 0 saturated carbocycles. The molecule has 0 saturated heterocycles. The van der Waals surface area contributed by atoms with Gasteiger partial charge in [-0.1, -0.05) is 12.1 Å². The Hall–Kier alpha value is -0.960. The van der Waals surface area contributed by atoms with Gasteiger partial charge < -0.3 is 0 Å². The Labute approximate surface area is 79.3 Å². The third-order valence-electron chi connectivity index (χ3n) is 1.57. The number of benzene rings is 1. The first-order valence-electron chi connectivity index (χ1n) is 3.66. The van der Waals surface area contributed by atoms with E-state index in [0.29, 0.717) is 11.1 Å². The SMILES string of the molecule is O=C(Cl)c1ccc(CC(F)F)cc1. The van der Waals surface area contributed by atoms with Crippen molar-refractivity contribution in [1.82, 2.24) is 0 Å². The van der Waals surface area contributed by atoms with E-state index < -0.39 is 11.7 Å². The zero-order valence-electron chi connectivity index (χ0n) is 6.64. The molecule has 1 aromatic carbocycles. The maximum absolute atomic E-state index is 11.9. The van der Waals surface area contributed by atoms with E-state index in [9.17, 15) is 13.6 Å². The van der Waals surface area contributed by atoms with Gasteiger partial charge in [-0.15, -0.1) is 0 Å². The van der Waals surface area contributed by atoms with Gasteiger partial charge in [0.05, 0.1) is 0 Å². The molecule has 0 radical (unpaired) electrons. The summed E-state index contributed by atoms with van der Waals surface area (Å²) in [6.07, 6.45) is -2.66. The van der Waals surface area contributed by atoms with Crippen LogP contribution in [0, 0.1) is 0 Å². The minimum Gasteiger partial charge on any atom is -0.276 e. The summed E-state index contributed by atoms with van der Waals surface area (Å²) in [4.78, 5) is 10.6. The molecule has 4 heteroatoms. The summed E-state index contributed by atoms with van der Waals surface area (Å²) in [6.45, 7) is 0. The zero-order chi connectivity index (χ0) is 9.84. The number of alkyl halides is 2. The van der Waals surface area contributed by atoms with Crippen molar-refractivity contribution in [2.24, 2.45) is 0 Å². The molecule has 0 aliphatic heterocycles. The van der Waals surface area contributed by atoms with Crippen LogP contribution in [-0.4, -0.2) is 11.7 Å². The van der Waals surface area contributed by atoms with Crippen LogP contribution in [0.25, 0.3) is 0 Å². The highest BCUT2D eigenvalue weighted by Crippen LogP contribution is 2.10. The fourth-order valence-electron chi connectivity index (χ4n) is 0.950. The van der Waals surface area contributed by atoms with Gasteiger partial charge in [0.1, 0.15) is 0 Å². The van der Waals surface area contributed by atoms with E-state index in [1.807, 2.05) is 0 Å². The topological polar surface area (TPSA) is 17.1 Å². The van der Waals surface area contributed by atoms with Gasteiger partial charge in [-0.2, -0.15) is 0 Å². The van der Waals surface area contributed by atoms with E-state index in [4.69, 9.17) is 11.6 Å². The molecule has 0 heterocycles. The molecule has 0 aliphatic carbocycles. The highest BCUT2D eigenvalue weighted by molar-refractivity contribution is 6.67. The van der Waals surface area contributed by atoms with Crippen LogP contribution in [0.5, 0.6) is 0 Å². The summed E-state index contributed by atoms with van der Waals surface area (Å²) < 4.78 is 23.8. The van der Waals surface area contributed by atoms with Gasteiger partial charge >= 0.3 is 0 Å². The van der Waals surface area contributed by atoms with E-state index >= 15 is 0 Å². The highest BCUT2D eigenvalue weighted by atomic mass is 35.5. The molecule has 1 nitrogen and oxygen atoms in total. The van der Waals surface area contributed by atoms with Crippen LogP contribution in [-0.2, 0) is 6.42 Å². The molecule has 70 valence electrons. The van der Waals surface area contributed by atoms with Gasteiger partial charge in [0.2, 0.25) is 6.43 Å². The van der Waals surface area contributed by atoms with E-state index in [1.54, 1.807) is 0 Å². The second-order valence-electron chi connectivity index (χ2n) is 2.57. The lowest BCUT2D eigenvalue weighted by Gasteiger charge is -2.00. The van der Waals surface area contributed by atoms with E-state index in [2.05, 4.69) is 0 Å². The molecule has 13 heavy (non-hydrogen) atoms. The number of hydrogen-bond acceptors (Lipinski definition) is 1. The van der Waals surface area contributed by atoms with Crippen molar-refractivity contribution in [3.8, 4) is 0 Å². The fraction of sp³-hybridized carbons (Fsp3) is 0.222. The fourth-order valence-corrected chi connectivity index (χ4v) is 1.08. The van der Waals surface area contributed by atoms with Gasteiger partial charge in [-0.05, 0) is 29.3 Å². The largest absolute Gasteiger partial charge is 0.276 e. The minimum atomic E-state index is -2.36. The lowest BCUT2D eigenvalue weighted by Crippen LogP contribution is -1.97. The summed E-state index contributed by atoms with van der Waals surface area (Å²) in [5.41, 5.74) is 0.816. The number of carbonyl (C=O) groups is 1. The highest BCUT2D eigenvalue weighted by Gasteiger charge is 2.05. The molecule has 0 spiro atoms. The first-order chi connectivity index (χ1) is 6.09. The predicted molar refractivity (Wildman–Crippen MR) is 46.3 cm³/mol. The van der Waals surface area contributed by atoms with Crippen molar-refractivity contribution in [3.05, 3.63) is 35.4 Å². The van der Waals surface area contributed by atoms with Crippen molar-refractivity contribution >= 4 is 16.8 Å². The molecular weight excluding hydrogens is 198 g/mol. The summed E-state index contributed by atoms with van der Waals surface area (Å²) in [7, 11) is 0. The van der Waals surface area contributed by atoms with Crippen LogP contribution in [0.4, 0.5) is 8.78 Å². The maximum Gasteiger partial charge on any atom is 0.252 e. The van der Waals surface area contributed by atoms with Crippen LogP contribution < -0.4 is 0 Å².